The lowest BCUT2D eigenvalue weighted by atomic mass is 9.92. The third-order valence-corrected chi connectivity index (χ3v) is 11.5. The minimum Gasteiger partial charge on any atom is -0.508 e. The van der Waals surface area contributed by atoms with Crippen LogP contribution in [0.3, 0.4) is 0 Å². The van der Waals surface area contributed by atoms with Gasteiger partial charge in [0.15, 0.2) is 0 Å². The molecule has 2 heterocycles. The number of nitrogens with two attached hydrogens (primary N) is 1. The molecule has 0 radical (unpaired) electrons. The summed E-state index contributed by atoms with van der Waals surface area (Å²) >= 11 is 12.5. The van der Waals surface area contributed by atoms with Crippen LogP contribution in [-0.4, -0.2) is 64.2 Å². The summed E-state index contributed by atoms with van der Waals surface area (Å²) in [5, 5.41) is 41.6. The van der Waals surface area contributed by atoms with Gasteiger partial charge in [0, 0.05) is 11.1 Å². The molecule has 324 valence electrons. The number of phenols is 1. The molecule has 6 N–H and O–H groups in total. The van der Waals surface area contributed by atoms with Crippen LogP contribution in [0.5, 0.6) is 5.75 Å². The van der Waals surface area contributed by atoms with Crippen LogP contribution in [0.1, 0.15) is 59.7 Å². The van der Waals surface area contributed by atoms with Gasteiger partial charge in [0.2, 0.25) is 34.9 Å². The highest BCUT2D eigenvalue weighted by atomic mass is 35.5. The normalized spacial score (nSPS) is 13.5. The first-order valence-electron chi connectivity index (χ1n) is 18.2. The number of phenolic OH excluding ortho intramolecular Hbond substituents is 1. The Bertz CT molecular complexity index is 2860. The Hall–Kier alpha value is -5.94. The van der Waals surface area contributed by atoms with E-state index in [1.54, 1.807) is 44.2 Å². The molecule has 22 heteroatoms. The molecule has 6 aromatic rings. The van der Waals surface area contributed by atoms with E-state index in [1.165, 1.54) is 43.3 Å². The SMILES string of the molecule is [C-]#[N+]c1ccc(C[C@@H](c2nnc(-c3ccc(NS(=O)(=O)O)cc3)o2)[C@@H](C)OS(N)(=O)=O)c(C)c1Cl.[C-]#[N+]c1ccc(C[C@@H](c2nnc(-c3ccc(O)cc3)o2)[C@@H](C)O)c(C)c1Cl. The summed E-state index contributed by atoms with van der Waals surface area (Å²) < 4.78 is 72.3. The number of nitrogens with one attached hydrogen (secondary N) is 1. The molecule has 18 nitrogen and oxygen atoms in total. The van der Waals surface area contributed by atoms with Crippen molar-refractivity contribution in [3.63, 3.8) is 0 Å². The van der Waals surface area contributed by atoms with E-state index in [0.717, 1.165) is 11.1 Å². The summed E-state index contributed by atoms with van der Waals surface area (Å²) in [5.41, 5.74) is 4.95. The number of aliphatic hydroxyl groups excluding tert-OH is 1. The monoisotopic (exact) mass is 924 g/mol. The van der Waals surface area contributed by atoms with Crippen molar-refractivity contribution in [3.8, 4) is 28.7 Å². The van der Waals surface area contributed by atoms with Crippen molar-refractivity contribution in [2.75, 3.05) is 4.72 Å². The van der Waals surface area contributed by atoms with Crippen molar-refractivity contribution in [1.82, 2.24) is 20.4 Å². The number of hydrogen-bond acceptors (Lipinski definition) is 13. The van der Waals surface area contributed by atoms with Gasteiger partial charge >= 0.3 is 20.6 Å². The largest absolute Gasteiger partial charge is 0.508 e. The molecule has 0 amide bonds. The molecule has 0 aliphatic rings. The molecular formula is C40H38Cl2N8O10S2. The van der Waals surface area contributed by atoms with Crippen molar-refractivity contribution >= 4 is 60.9 Å². The van der Waals surface area contributed by atoms with E-state index >= 15 is 0 Å². The average Bonchev–Trinajstić information content (AvgIpc) is 3.90. The average molecular weight is 926 g/mol. The van der Waals surface area contributed by atoms with Crippen molar-refractivity contribution in [1.29, 1.82) is 0 Å². The van der Waals surface area contributed by atoms with Gasteiger partial charge in [-0.05, 0) is 111 Å². The third kappa shape index (κ3) is 12.1. The number of aliphatic hydroxyl groups is 1. The highest BCUT2D eigenvalue weighted by Gasteiger charge is 2.31. The molecule has 0 saturated carbocycles. The number of hydrogen-bond donors (Lipinski definition) is 5. The second-order valence-corrected chi connectivity index (χ2v) is 16.9. The third-order valence-electron chi connectivity index (χ3n) is 9.52. The molecule has 4 aromatic carbocycles. The van der Waals surface area contributed by atoms with Crippen LogP contribution in [0, 0.1) is 27.0 Å². The maximum Gasteiger partial charge on any atom is 0.357 e. The van der Waals surface area contributed by atoms with Crippen LogP contribution >= 0.6 is 23.2 Å². The van der Waals surface area contributed by atoms with E-state index in [-0.39, 0.29) is 40.3 Å². The Labute approximate surface area is 367 Å². The predicted molar refractivity (Wildman–Crippen MR) is 229 cm³/mol. The van der Waals surface area contributed by atoms with Crippen molar-refractivity contribution < 1.29 is 44.6 Å². The lowest BCUT2D eigenvalue weighted by Gasteiger charge is -2.21. The van der Waals surface area contributed by atoms with Gasteiger partial charge in [-0.15, -0.1) is 20.4 Å². The van der Waals surface area contributed by atoms with Gasteiger partial charge in [0.05, 0.1) is 52.9 Å². The van der Waals surface area contributed by atoms with Crippen LogP contribution in [0.2, 0.25) is 10.0 Å². The van der Waals surface area contributed by atoms with Gasteiger partial charge in [-0.3, -0.25) is 13.5 Å². The van der Waals surface area contributed by atoms with Gasteiger partial charge in [-0.25, -0.2) is 14.8 Å². The summed E-state index contributed by atoms with van der Waals surface area (Å²) in [6, 6.07) is 18.9. The molecule has 0 bridgehead atoms. The highest BCUT2D eigenvalue weighted by Crippen LogP contribution is 2.37. The van der Waals surface area contributed by atoms with Gasteiger partial charge in [0.1, 0.15) is 5.75 Å². The predicted octanol–water partition coefficient (Wildman–Crippen LogP) is 8.06. The summed E-state index contributed by atoms with van der Waals surface area (Å²) in [4.78, 5) is 6.76. The van der Waals surface area contributed by atoms with Crippen molar-refractivity contribution in [3.05, 3.63) is 140 Å². The number of aromatic hydroxyl groups is 1. The molecule has 0 aliphatic heterocycles. The van der Waals surface area contributed by atoms with Gasteiger partial charge in [-0.1, -0.05) is 47.5 Å². The van der Waals surface area contributed by atoms with E-state index in [9.17, 15) is 27.0 Å². The Balaban J connectivity index is 0.000000242. The van der Waals surface area contributed by atoms with Gasteiger partial charge in [-0.2, -0.15) is 16.8 Å². The van der Waals surface area contributed by atoms with Gasteiger partial charge in [0.25, 0.3) is 0 Å². The number of aromatic nitrogens is 4. The van der Waals surface area contributed by atoms with Crippen LogP contribution in [0.25, 0.3) is 32.6 Å². The Morgan fingerprint density at radius 3 is 1.60 bits per heavy atom. The summed E-state index contributed by atoms with van der Waals surface area (Å²) in [6.07, 6.45) is -1.10. The zero-order valence-electron chi connectivity index (χ0n) is 33.2. The fourth-order valence-electron chi connectivity index (χ4n) is 6.14. The smallest absolute Gasteiger partial charge is 0.357 e. The van der Waals surface area contributed by atoms with Crippen molar-refractivity contribution in [2.45, 2.75) is 64.6 Å². The molecule has 0 unspecified atom stereocenters. The molecule has 0 spiro atoms. The second kappa shape index (κ2) is 19.8. The maximum absolute atomic E-state index is 11.6. The van der Waals surface area contributed by atoms with E-state index in [1.807, 2.05) is 17.7 Å². The molecule has 62 heavy (non-hydrogen) atoms. The van der Waals surface area contributed by atoms with Crippen LogP contribution in [0.4, 0.5) is 17.1 Å². The van der Waals surface area contributed by atoms with Crippen molar-refractivity contribution in [2.24, 2.45) is 5.14 Å². The van der Waals surface area contributed by atoms with Crippen LogP contribution in [0.15, 0.2) is 81.6 Å². The summed E-state index contributed by atoms with van der Waals surface area (Å²) in [6.45, 7) is 21.1. The fraction of sp³-hybridized carbons (Fsp3) is 0.250. The molecule has 4 atom stereocenters. The number of halogens is 2. The summed E-state index contributed by atoms with van der Waals surface area (Å²) in [5.74, 6) is -0.270. The second-order valence-electron chi connectivity index (χ2n) is 13.8. The minimum absolute atomic E-state index is 0.0565. The van der Waals surface area contributed by atoms with Crippen LogP contribution < -0.4 is 9.86 Å². The number of anilines is 1. The lowest BCUT2D eigenvalue weighted by Crippen LogP contribution is -2.28. The minimum atomic E-state index is -4.43. The molecular weight excluding hydrogens is 888 g/mol. The standard InChI is InChI=1S/C20H20ClN5O7S2.C20H18ClN3O3/c1-11-14(6-9-17(23-3)18(11)21)10-16(12(2)33-34(22,27)28)20-25-24-19(32-20)13-4-7-15(8-5-13)26-35(29,30)31;1-11-14(6-9-17(22-3)18(11)21)10-16(12(2)25)20-24-23-19(27-20)13-4-7-15(26)8-5-13/h4-9,12,16,26H,10H2,1-2H3,(H2,22,27,28)(H,29,30,31);4-9,12,16,25-26H,10H2,1-2H3/t2*12-,16-/m11/s1. The lowest BCUT2D eigenvalue weighted by molar-refractivity contribution is 0.148. The highest BCUT2D eigenvalue weighted by molar-refractivity contribution is 7.87. The molecule has 0 fully saturated rings. The van der Waals surface area contributed by atoms with Gasteiger partial charge < -0.3 is 19.0 Å². The zero-order chi connectivity index (χ0) is 45.5. The Morgan fingerprint density at radius 2 is 1.18 bits per heavy atom. The molecule has 0 aliphatic carbocycles. The zero-order valence-corrected chi connectivity index (χ0v) is 36.3. The molecule has 2 aromatic heterocycles. The number of nitrogens with zero attached hydrogens (tertiary/aromatic N) is 6. The maximum atomic E-state index is 11.6. The first-order valence-corrected chi connectivity index (χ1v) is 21.9. The Kier molecular flexibility index (Phi) is 15.1. The first kappa shape index (κ1) is 47.1. The Morgan fingerprint density at radius 1 is 0.742 bits per heavy atom. The quantitative estimate of drug-likeness (QED) is 0.0511. The molecule has 6 rings (SSSR count). The van der Waals surface area contributed by atoms with Crippen LogP contribution in [-0.2, 0) is 37.6 Å². The first-order chi connectivity index (χ1) is 29.2. The van der Waals surface area contributed by atoms with E-state index in [0.29, 0.717) is 51.2 Å². The number of benzene rings is 4. The summed E-state index contributed by atoms with van der Waals surface area (Å²) in [7, 11) is -8.72. The van der Waals surface area contributed by atoms with E-state index in [2.05, 4.69) is 30.1 Å². The topological polar surface area (TPSA) is 263 Å². The fourth-order valence-corrected chi connectivity index (χ4v) is 7.59. The number of rotatable bonds is 14. The van der Waals surface area contributed by atoms with E-state index < -0.39 is 44.7 Å². The van der Waals surface area contributed by atoms with E-state index in [4.69, 9.17) is 59.1 Å². The molecule has 0 saturated heterocycles.